The highest BCUT2D eigenvalue weighted by Gasteiger charge is 2.40. The fraction of sp³-hybridized carbons (Fsp3) is 0.292. The first-order valence-electron chi connectivity index (χ1n) is 11.3. The van der Waals surface area contributed by atoms with E-state index in [1.807, 2.05) is 30.5 Å². The molecule has 1 atom stereocenters. The summed E-state index contributed by atoms with van der Waals surface area (Å²) in [6.07, 6.45) is 2.14. The predicted octanol–water partition coefficient (Wildman–Crippen LogP) is 1.16. The van der Waals surface area contributed by atoms with E-state index in [9.17, 15) is 22.8 Å². The maximum atomic E-state index is 12.9. The molecule has 10 nitrogen and oxygen atoms in total. The van der Waals surface area contributed by atoms with E-state index in [1.54, 1.807) is 18.2 Å². The summed E-state index contributed by atoms with van der Waals surface area (Å²) in [5, 5.41) is 3.65. The van der Waals surface area contributed by atoms with Crippen molar-refractivity contribution in [3.05, 3.63) is 66.4 Å². The van der Waals surface area contributed by atoms with E-state index in [4.69, 9.17) is 0 Å². The minimum absolute atomic E-state index is 0.145. The van der Waals surface area contributed by atoms with Gasteiger partial charge in [0, 0.05) is 49.7 Å². The SMILES string of the molecule is O=C(CN1C(=O)N[C@H](Cc2c[nH]c3ccccc23)C1=O)N1CCN(S(=O)(=O)c2ccccc2)CC1. The van der Waals surface area contributed by atoms with Gasteiger partial charge in [-0.3, -0.25) is 14.5 Å². The molecule has 0 bridgehead atoms. The summed E-state index contributed by atoms with van der Waals surface area (Å²) in [6, 6.07) is 14.5. The summed E-state index contributed by atoms with van der Waals surface area (Å²) in [6.45, 7) is 0.291. The topological polar surface area (TPSA) is 123 Å². The molecule has 0 unspecified atom stereocenters. The number of carbonyl (C=O) groups is 3. The number of hydrogen-bond donors (Lipinski definition) is 2. The van der Waals surface area contributed by atoms with E-state index in [-0.39, 0.29) is 37.6 Å². The van der Waals surface area contributed by atoms with Crippen LogP contribution in [0.25, 0.3) is 10.9 Å². The Labute approximate surface area is 202 Å². The Kier molecular flexibility index (Phi) is 6.03. The molecule has 2 aliphatic heterocycles. The zero-order chi connectivity index (χ0) is 24.6. The zero-order valence-corrected chi connectivity index (χ0v) is 19.7. The Balaban J connectivity index is 1.19. The van der Waals surface area contributed by atoms with Gasteiger partial charge in [-0.2, -0.15) is 4.31 Å². The molecular formula is C24H25N5O5S. The molecule has 2 N–H and O–H groups in total. The van der Waals surface area contributed by atoms with E-state index in [2.05, 4.69) is 10.3 Å². The van der Waals surface area contributed by atoms with Crippen molar-refractivity contribution < 1.29 is 22.8 Å². The maximum Gasteiger partial charge on any atom is 0.325 e. The van der Waals surface area contributed by atoms with Crippen molar-refractivity contribution in [3.8, 4) is 0 Å². The summed E-state index contributed by atoms with van der Waals surface area (Å²) >= 11 is 0. The van der Waals surface area contributed by atoms with Crippen LogP contribution >= 0.6 is 0 Å². The number of piperazine rings is 1. The standard InChI is InChI=1S/C24H25N5O5S/c30-22(27-10-12-28(13-11-27)35(33,34)18-6-2-1-3-7-18)16-29-23(31)21(26-24(29)32)14-17-15-25-20-9-5-4-8-19(17)20/h1-9,15,21,25H,10-14,16H2,(H,26,32)/t21-/m1/s1. The number of imide groups is 1. The van der Waals surface area contributed by atoms with E-state index in [0.29, 0.717) is 6.42 Å². The van der Waals surface area contributed by atoms with Gasteiger partial charge in [0.05, 0.1) is 4.90 Å². The van der Waals surface area contributed by atoms with Gasteiger partial charge in [0.1, 0.15) is 12.6 Å². The van der Waals surface area contributed by atoms with Gasteiger partial charge >= 0.3 is 6.03 Å². The second-order valence-corrected chi connectivity index (χ2v) is 10.5. The molecule has 3 aromatic rings. The number of benzene rings is 2. The largest absolute Gasteiger partial charge is 0.361 e. The highest BCUT2D eigenvalue weighted by Crippen LogP contribution is 2.22. The van der Waals surface area contributed by atoms with Crippen molar-refractivity contribution >= 4 is 38.8 Å². The predicted molar refractivity (Wildman–Crippen MR) is 128 cm³/mol. The summed E-state index contributed by atoms with van der Waals surface area (Å²) in [5.41, 5.74) is 1.85. The highest BCUT2D eigenvalue weighted by molar-refractivity contribution is 7.89. The molecule has 1 aromatic heterocycles. The molecule has 182 valence electrons. The molecule has 2 aliphatic rings. The summed E-state index contributed by atoms with van der Waals surface area (Å²) in [4.78, 5) is 44.0. The first-order valence-corrected chi connectivity index (χ1v) is 12.8. The summed E-state index contributed by atoms with van der Waals surface area (Å²) < 4.78 is 26.9. The lowest BCUT2D eigenvalue weighted by molar-refractivity contribution is -0.138. The molecule has 0 spiro atoms. The number of urea groups is 1. The van der Waals surface area contributed by atoms with Crippen LogP contribution in [0.4, 0.5) is 4.79 Å². The van der Waals surface area contributed by atoms with Crippen LogP contribution in [0.2, 0.25) is 0 Å². The van der Waals surface area contributed by atoms with Crippen LogP contribution in [0, 0.1) is 0 Å². The van der Waals surface area contributed by atoms with Crippen LogP contribution in [0.5, 0.6) is 0 Å². The van der Waals surface area contributed by atoms with Gasteiger partial charge in [-0.05, 0) is 23.8 Å². The van der Waals surface area contributed by atoms with Crippen molar-refractivity contribution in [1.29, 1.82) is 0 Å². The minimum atomic E-state index is -3.63. The van der Waals surface area contributed by atoms with Crippen LogP contribution < -0.4 is 5.32 Å². The minimum Gasteiger partial charge on any atom is -0.361 e. The average molecular weight is 496 g/mol. The van der Waals surface area contributed by atoms with Crippen LogP contribution in [-0.2, 0) is 26.0 Å². The Morgan fingerprint density at radius 3 is 2.37 bits per heavy atom. The van der Waals surface area contributed by atoms with Gasteiger partial charge in [0.15, 0.2) is 0 Å². The van der Waals surface area contributed by atoms with Crippen molar-refractivity contribution in [2.24, 2.45) is 0 Å². The lowest BCUT2D eigenvalue weighted by Crippen LogP contribution is -2.53. The number of rotatable bonds is 6. The third-order valence-corrected chi connectivity index (χ3v) is 8.38. The Bertz CT molecular complexity index is 1380. The van der Waals surface area contributed by atoms with Gasteiger partial charge in [-0.25, -0.2) is 13.2 Å². The quantitative estimate of drug-likeness (QED) is 0.497. The smallest absolute Gasteiger partial charge is 0.325 e. The van der Waals surface area contributed by atoms with Gasteiger partial charge < -0.3 is 15.2 Å². The number of nitrogens with one attached hydrogen (secondary N) is 2. The van der Waals surface area contributed by atoms with Crippen molar-refractivity contribution in [1.82, 2.24) is 24.4 Å². The van der Waals surface area contributed by atoms with Gasteiger partial charge in [-0.1, -0.05) is 36.4 Å². The number of nitrogens with zero attached hydrogens (tertiary/aromatic N) is 3. The molecule has 2 fully saturated rings. The second kappa shape index (κ2) is 9.16. The average Bonchev–Trinajstić information content (AvgIpc) is 3.40. The molecule has 2 saturated heterocycles. The van der Waals surface area contributed by atoms with Gasteiger partial charge in [0.25, 0.3) is 5.91 Å². The zero-order valence-electron chi connectivity index (χ0n) is 18.9. The number of hydrogen-bond acceptors (Lipinski definition) is 5. The van der Waals surface area contributed by atoms with Crippen molar-refractivity contribution in [2.75, 3.05) is 32.7 Å². The molecule has 0 saturated carbocycles. The molecule has 3 heterocycles. The first-order chi connectivity index (χ1) is 16.8. The number of H-pyrrole nitrogens is 1. The normalized spacial score (nSPS) is 19.4. The van der Waals surface area contributed by atoms with Crippen LogP contribution in [0.1, 0.15) is 5.56 Å². The second-order valence-electron chi connectivity index (χ2n) is 8.59. The molecule has 11 heteroatoms. The number of para-hydroxylation sites is 1. The van der Waals surface area contributed by atoms with E-state index in [1.165, 1.54) is 21.3 Å². The fourth-order valence-electron chi connectivity index (χ4n) is 4.54. The van der Waals surface area contributed by atoms with E-state index >= 15 is 0 Å². The number of sulfonamides is 1. The summed E-state index contributed by atoms with van der Waals surface area (Å²) in [7, 11) is -3.63. The molecule has 5 rings (SSSR count). The van der Waals surface area contributed by atoms with Crippen molar-refractivity contribution in [3.63, 3.8) is 0 Å². The molecule has 35 heavy (non-hydrogen) atoms. The molecule has 2 aromatic carbocycles. The number of aromatic amines is 1. The fourth-order valence-corrected chi connectivity index (χ4v) is 5.98. The molecule has 4 amide bonds. The maximum absolute atomic E-state index is 12.9. The third-order valence-electron chi connectivity index (χ3n) is 6.47. The first kappa shape index (κ1) is 23.1. The van der Waals surface area contributed by atoms with E-state index < -0.39 is 33.9 Å². The summed E-state index contributed by atoms with van der Waals surface area (Å²) in [5.74, 6) is -0.836. The Morgan fingerprint density at radius 2 is 1.63 bits per heavy atom. The Morgan fingerprint density at radius 1 is 0.943 bits per heavy atom. The number of aromatic nitrogens is 1. The monoisotopic (exact) mass is 495 g/mol. The van der Waals surface area contributed by atoms with Crippen molar-refractivity contribution in [2.45, 2.75) is 17.4 Å². The molecule has 0 aliphatic carbocycles. The Hall–Kier alpha value is -3.70. The third kappa shape index (κ3) is 4.40. The van der Waals surface area contributed by atoms with Crippen LogP contribution in [0.15, 0.2) is 65.7 Å². The lowest BCUT2D eigenvalue weighted by atomic mass is 10.1. The number of amides is 4. The molecule has 0 radical (unpaired) electrons. The number of fused-ring (bicyclic) bond motifs is 1. The van der Waals surface area contributed by atoms with Gasteiger partial charge in [0.2, 0.25) is 15.9 Å². The highest BCUT2D eigenvalue weighted by atomic mass is 32.2. The molecular weight excluding hydrogens is 470 g/mol. The number of carbonyl (C=O) groups excluding carboxylic acids is 3. The van der Waals surface area contributed by atoms with Gasteiger partial charge in [-0.15, -0.1) is 0 Å². The lowest BCUT2D eigenvalue weighted by Gasteiger charge is -2.34. The van der Waals surface area contributed by atoms with Crippen LogP contribution in [-0.4, -0.2) is 84.1 Å². The van der Waals surface area contributed by atoms with Crippen LogP contribution in [0.3, 0.4) is 0 Å². The van der Waals surface area contributed by atoms with E-state index in [0.717, 1.165) is 21.4 Å².